The number of hydrogen-bond donors (Lipinski definition) is 6. The smallest absolute Gasteiger partial charge is 0.326 e. The van der Waals surface area contributed by atoms with Crippen molar-refractivity contribution in [1.82, 2.24) is 5.32 Å². The standard InChI is InChI=1S/C19H24N6O5S/c20-13-6-8-15(9-7-13)31(29,30)25-14-4-1-3-12(11-14)17(26)24-16(18(27)28)5-2-10-23-19(21)22/h1,3-4,6-9,11,16,25H,2,5,10,20H2,(H,24,26)(H,27,28)(H4,21,22,23)/t16-/m0/s1. The summed E-state index contributed by atoms with van der Waals surface area (Å²) in [5, 5.41) is 11.7. The van der Waals surface area contributed by atoms with Gasteiger partial charge in [-0.25, -0.2) is 13.2 Å². The molecule has 0 fully saturated rings. The fraction of sp³-hybridized carbons (Fsp3) is 0.211. The number of nitrogens with one attached hydrogen (secondary N) is 2. The van der Waals surface area contributed by atoms with Crippen molar-refractivity contribution in [1.29, 1.82) is 0 Å². The van der Waals surface area contributed by atoms with Crippen LogP contribution in [0.5, 0.6) is 0 Å². The van der Waals surface area contributed by atoms with Crippen molar-refractivity contribution < 1.29 is 23.1 Å². The molecule has 0 unspecified atom stereocenters. The van der Waals surface area contributed by atoms with Crippen molar-refractivity contribution in [2.24, 2.45) is 16.5 Å². The van der Waals surface area contributed by atoms with Gasteiger partial charge in [0.05, 0.1) is 4.90 Å². The van der Waals surface area contributed by atoms with Crippen LogP contribution in [-0.4, -0.2) is 43.9 Å². The minimum atomic E-state index is -3.90. The third-order valence-electron chi connectivity index (χ3n) is 4.12. The molecular formula is C19H24N6O5S. The number of carboxylic acids is 1. The molecule has 0 saturated carbocycles. The van der Waals surface area contributed by atoms with E-state index in [1.54, 1.807) is 0 Å². The van der Waals surface area contributed by atoms with E-state index in [1.807, 2.05) is 0 Å². The molecule has 1 amide bonds. The van der Waals surface area contributed by atoms with E-state index >= 15 is 0 Å². The SMILES string of the molecule is NC(N)=NCCC[C@H](NC(=O)c1cccc(NS(=O)(=O)c2ccc(N)cc2)c1)C(=O)O. The molecule has 0 saturated heterocycles. The Kier molecular flexibility index (Phi) is 7.80. The highest BCUT2D eigenvalue weighted by Gasteiger charge is 2.21. The second-order valence-electron chi connectivity index (χ2n) is 6.57. The van der Waals surface area contributed by atoms with Gasteiger partial charge in [-0.1, -0.05) is 6.07 Å². The van der Waals surface area contributed by atoms with Gasteiger partial charge in [-0.3, -0.25) is 14.5 Å². The molecule has 0 spiro atoms. The summed E-state index contributed by atoms with van der Waals surface area (Å²) < 4.78 is 27.4. The number of carboxylic acid groups (broad SMARTS) is 1. The van der Waals surface area contributed by atoms with E-state index in [0.717, 1.165) is 0 Å². The van der Waals surface area contributed by atoms with Crippen LogP contribution in [-0.2, 0) is 14.8 Å². The molecule has 9 N–H and O–H groups in total. The summed E-state index contributed by atoms with van der Waals surface area (Å²) in [7, 11) is -3.90. The van der Waals surface area contributed by atoms with E-state index in [-0.39, 0.29) is 35.1 Å². The number of carbonyl (C=O) groups is 2. The van der Waals surface area contributed by atoms with Crippen molar-refractivity contribution in [2.75, 3.05) is 17.0 Å². The second-order valence-corrected chi connectivity index (χ2v) is 8.25. The number of carbonyl (C=O) groups excluding carboxylic acids is 1. The molecule has 2 rings (SSSR count). The first-order chi connectivity index (χ1) is 14.6. The Labute approximate surface area is 179 Å². The predicted molar refractivity (Wildman–Crippen MR) is 117 cm³/mol. The normalized spacial score (nSPS) is 11.9. The number of hydrogen-bond acceptors (Lipinski definition) is 6. The lowest BCUT2D eigenvalue weighted by atomic mass is 10.1. The fourth-order valence-electron chi connectivity index (χ4n) is 2.59. The molecule has 0 aliphatic rings. The Morgan fingerprint density at radius 2 is 1.77 bits per heavy atom. The molecule has 2 aromatic rings. The van der Waals surface area contributed by atoms with Crippen LogP contribution in [0.4, 0.5) is 11.4 Å². The maximum atomic E-state index is 12.5. The first-order valence-electron chi connectivity index (χ1n) is 9.16. The highest BCUT2D eigenvalue weighted by molar-refractivity contribution is 7.92. The molecule has 1 atom stereocenters. The zero-order valence-electron chi connectivity index (χ0n) is 16.5. The van der Waals surface area contributed by atoms with Crippen LogP contribution in [0.3, 0.4) is 0 Å². The molecule has 0 heterocycles. The van der Waals surface area contributed by atoms with Crippen molar-refractivity contribution in [3.8, 4) is 0 Å². The highest BCUT2D eigenvalue weighted by Crippen LogP contribution is 2.18. The Bertz CT molecular complexity index is 1070. The van der Waals surface area contributed by atoms with Gasteiger partial charge in [0.2, 0.25) is 0 Å². The van der Waals surface area contributed by atoms with E-state index < -0.39 is 27.9 Å². The third-order valence-corrected chi connectivity index (χ3v) is 5.51. The van der Waals surface area contributed by atoms with E-state index in [4.69, 9.17) is 17.2 Å². The molecule has 0 bridgehead atoms. The van der Waals surface area contributed by atoms with Gasteiger partial charge in [-0.2, -0.15) is 0 Å². The average molecular weight is 449 g/mol. The Balaban J connectivity index is 2.08. The number of benzene rings is 2. The lowest BCUT2D eigenvalue weighted by molar-refractivity contribution is -0.139. The van der Waals surface area contributed by atoms with E-state index in [2.05, 4.69) is 15.0 Å². The maximum absolute atomic E-state index is 12.5. The Hall–Kier alpha value is -3.80. The summed E-state index contributed by atoms with van der Waals surface area (Å²) in [6.07, 6.45) is 0.456. The van der Waals surface area contributed by atoms with E-state index in [9.17, 15) is 23.1 Å². The topological polar surface area (TPSA) is 203 Å². The van der Waals surface area contributed by atoms with E-state index in [1.165, 1.54) is 48.5 Å². The summed E-state index contributed by atoms with van der Waals surface area (Å²) in [6.45, 7) is 0.227. The number of anilines is 2. The Morgan fingerprint density at radius 3 is 2.39 bits per heavy atom. The zero-order chi connectivity index (χ0) is 23.0. The summed E-state index contributed by atoms with van der Waals surface area (Å²) in [6, 6.07) is 10.2. The van der Waals surface area contributed by atoms with Crippen LogP contribution < -0.4 is 27.2 Å². The number of amides is 1. The van der Waals surface area contributed by atoms with Gasteiger partial charge in [0, 0.05) is 23.5 Å². The molecule has 11 nitrogen and oxygen atoms in total. The molecule has 0 aromatic heterocycles. The number of aliphatic carboxylic acids is 1. The van der Waals surface area contributed by atoms with Crippen molar-refractivity contribution in [3.05, 3.63) is 54.1 Å². The third kappa shape index (κ3) is 7.19. The molecule has 31 heavy (non-hydrogen) atoms. The maximum Gasteiger partial charge on any atom is 0.326 e. The minimum absolute atomic E-state index is 0.00303. The first kappa shape index (κ1) is 23.5. The van der Waals surface area contributed by atoms with Crippen LogP contribution in [0.25, 0.3) is 0 Å². The molecule has 2 aromatic carbocycles. The summed E-state index contributed by atoms with van der Waals surface area (Å²) in [5.41, 5.74) is 16.7. The van der Waals surface area contributed by atoms with Gasteiger partial charge < -0.3 is 27.6 Å². The number of sulfonamides is 1. The van der Waals surface area contributed by atoms with Gasteiger partial charge in [0.15, 0.2) is 5.96 Å². The quantitative estimate of drug-likeness (QED) is 0.129. The fourth-order valence-corrected chi connectivity index (χ4v) is 3.64. The van der Waals surface area contributed by atoms with Crippen molar-refractivity contribution >= 4 is 39.2 Å². The van der Waals surface area contributed by atoms with Gasteiger partial charge >= 0.3 is 5.97 Å². The number of aliphatic imine (C=N–C) groups is 1. The largest absolute Gasteiger partial charge is 0.480 e. The number of nitrogens with two attached hydrogens (primary N) is 3. The van der Waals surface area contributed by atoms with Crippen LogP contribution in [0, 0.1) is 0 Å². The van der Waals surface area contributed by atoms with Crippen LogP contribution in [0.1, 0.15) is 23.2 Å². The minimum Gasteiger partial charge on any atom is -0.480 e. The number of nitrogens with zero attached hydrogens (tertiary/aromatic N) is 1. The molecule has 12 heteroatoms. The van der Waals surface area contributed by atoms with Gasteiger partial charge in [-0.15, -0.1) is 0 Å². The number of nitrogen functional groups attached to an aromatic ring is 1. The van der Waals surface area contributed by atoms with Crippen LogP contribution in [0.2, 0.25) is 0 Å². The molecule has 0 aliphatic carbocycles. The van der Waals surface area contributed by atoms with Crippen LogP contribution in [0.15, 0.2) is 58.4 Å². The zero-order valence-corrected chi connectivity index (χ0v) is 17.3. The summed E-state index contributed by atoms with van der Waals surface area (Å²) in [5.74, 6) is -1.98. The highest BCUT2D eigenvalue weighted by atomic mass is 32.2. The first-order valence-corrected chi connectivity index (χ1v) is 10.6. The predicted octanol–water partition coefficient (Wildman–Crippen LogP) is 0.306. The molecule has 166 valence electrons. The summed E-state index contributed by atoms with van der Waals surface area (Å²) >= 11 is 0. The summed E-state index contributed by atoms with van der Waals surface area (Å²) in [4.78, 5) is 27.7. The van der Waals surface area contributed by atoms with Crippen molar-refractivity contribution in [3.63, 3.8) is 0 Å². The van der Waals surface area contributed by atoms with E-state index in [0.29, 0.717) is 12.1 Å². The number of guanidine groups is 1. The van der Waals surface area contributed by atoms with Gasteiger partial charge in [-0.05, 0) is 55.3 Å². The van der Waals surface area contributed by atoms with Crippen LogP contribution >= 0.6 is 0 Å². The monoisotopic (exact) mass is 448 g/mol. The second kappa shape index (κ2) is 10.3. The van der Waals surface area contributed by atoms with Crippen molar-refractivity contribution in [2.45, 2.75) is 23.8 Å². The average Bonchev–Trinajstić information content (AvgIpc) is 2.70. The number of rotatable bonds is 10. The molecule has 0 radical (unpaired) electrons. The lowest BCUT2D eigenvalue weighted by Crippen LogP contribution is -2.40. The Morgan fingerprint density at radius 1 is 1.10 bits per heavy atom. The lowest BCUT2D eigenvalue weighted by Gasteiger charge is -2.15. The molecule has 0 aliphatic heterocycles. The van der Waals surface area contributed by atoms with Gasteiger partial charge in [0.1, 0.15) is 6.04 Å². The van der Waals surface area contributed by atoms with Gasteiger partial charge in [0.25, 0.3) is 15.9 Å². The molecular weight excluding hydrogens is 424 g/mol.